The van der Waals surface area contributed by atoms with Gasteiger partial charge in [0.1, 0.15) is 5.69 Å². The lowest BCUT2D eigenvalue weighted by molar-refractivity contribution is 0.0914. The second-order valence-corrected chi connectivity index (χ2v) is 5.94. The predicted molar refractivity (Wildman–Crippen MR) is 100 cm³/mol. The highest BCUT2D eigenvalue weighted by atomic mass is 16.5. The zero-order valence-corrected chi connectivity index (χ0v) is 15.0. The first-order valence-electron chi connectivity index (χ1n) is 8.31. The van der Waals surface area contributed by atoms with Crippen LogP contribution in [0.25, 0.3) is 11.3 Å². The SMILES string of the molecule is COC(=O)Nc1ccc(CNC(=O)c2cc(-c3ccc(C)cc3)no2)cc1. The van der Waals surface area contributed by atoms with E-state index in [2.05, 4.69) is 20.5 Å². The number of amides is 2. The Morgan fingerprint density at radius 1 is 1.07 bits per heavy atom. The molecule has 0 radical (unpaired) electrons. The Labute approximate surface area is 156 Å². The Kier molecular flexibility index (Phi) is 5.51. The molecule has 0 atom stereocenters. The molecule has 0 spiro atoms. The van der Waals surface area contributed by atoms with Gasteiger partial charge in [-0.2, -0.15) is 0 Å². The summed E-state index contributed by atoms with van der Waals surface area (Å²) in [5, 5.41) is 9.29. The maximum absolute atomic E-state index is 12.2. The second-order valence-electron chi connectivity index (χ2n) is 5.94. The minimum atomic E-state index is -0.536. The maximum atomic E-state index is 12.2. The Balaban J connectivity index is 1.58. The minimum absolute atomic E-state index is 0.148. The van der Waals surface area contributed by atoms with E-state index in [0.29, 0.717) is 17.9 Å². The van der Waals surface area contributed by atoms with Gasteiger partial charge in [0.15, 0.2) is 0 Å². The second kappa shape index (κ2) is 8.18. The summed E-state index contributed by atoms with van der Waals surface area (Å²) in [6.45, 7) is 2.32. The van der Waals surface area contributed by atoms with Crippen molar-refractivity contribution in [1.82, 2.24) is 10.5 Å². The summed E-state index contributed by atoms with van der Waals surface area (Å²) in [5.41, 5.74) is 4.12. The van der Waals surface area contributed by atoms with Crippen LogP contribution in [0, 0.1) is 6.92 Å². The van der Waals surface area contributed by atoms with Crippen molar-refractivity contribution in [2.24, 2.45) is 0 Å². The van der Waals surface area contributed by atoms with E-state index in [4.69, 9.17) is 4.52 Å². The normalized spacial score (nSPS) is 10.3. The number of carbonyl (C=O) groups is 2. The average molecular weight is 365 g/mol. The van der Waals surface area contributed by atoms with E-state index in [1.807, 2.05) is 31.2 Å². The summed E-state index contributed by atoms with van der Waals surface area (Å²) in [4.78, 5) is 23.4. The van der Waals surface area contributed by atoms with Crippen molar-refractivity contribution < 1.29 is 18.8 Å². The number of hydrogen-bond acceptors (Lipinski definition) is 5. The number of methoxy groups -OCH3 is 1. The van der Waals surface area contributed by atoms with Crippen LogP contribution in [0.2, 0.25) is 0 Å². The summed E-state index contributed by atoms with van der Waals surface area (Å²) in [6, 6.07) is 16.5. The minimum Gasteiger partial charge on any atom is -0.453 e. The zero-order chi connectivity index (χ0) is 19.2. The smallest absolute Gasteiger partial charge is 0.411 e. The van der Waals surface area contributed by atoms with Gasteiger partial charge in [-0.05, 0) is 24.6 Å². The Morgan fingerprint density at radius 2 is 1.78 bits per heavy atom. The Morgan fingerprint density at radius 3 is 2.44 bits per heavy atom. The van der Waals surface area contributed by atoms with Crippen molar-refractivity contribution in [2.45, 2.75) is 13.5 Å². The Bertz CT molecular complexity index is 931. The zero-order valence-electron chi connectivity index (χ0n) is 15.0. The molecule has 27 heavy (non-hydrogen) atoms. The van der Waals surface area contributed by atoms with Gasteiger partial charge >= 0.3 is 6.09 Å². The van der Waals surface area contributed by atoms with E-state index < -0.39 is 6.09 Å². The third kappa shape index (κ3) is 4.72. The molecule has 1 aromatic heterocycles. The van der Waals surface area contributed by atoms with Crippen molar-refractivity contribution in [3.63, 3.8) is 0 Å². The molecule has 0 saturated heterocycles. The van der Waals surface area contributed by atoms with Gasteiger partial charge in [0.2, 0.25) is 5.76 Å². The van der Waals surface area contributed by atoms with Crippen LogP contribution in [-0.4, -0.2) is 24.3 Å². The number of nitrogens with one attached hydrogen (secondary N) is 2. The van der Waals surface area contributed by atoms with E-state index in [-0.39, 0.29) is 11.7 Å². The standard InChI is InChI=1S/C20H19N3O4/c1-13-3-7-15(8-4-13)17-11-18(27-23-17)19(24)21-12-14-5-9-16(10-6-14)22-20(25)26-2/h3-11H,12H2,1-2H3,(H,21,24)(H,22,25). The van der Waals surface area contributed by atoms with Crippen molar-refractivity contribution >= 4 is 17.7 Å². The van der Waals surface area contributed by atoms with Crippen LogP contribution in [0.1, 0.15) is 21.7 Å². The molecular formula is C20H19N3O4. The number of nitrogens with zero attached hydrogens (tertiary/aromatic N) is 1. The van der Waals surface area contributed by atoms with Crippen LogP contribution < -0.4 is 10.6 Å². The number of ether oxygens (including phenoxy) is 1. The molecule has 3 rings (SSSR count). The molecular weight excluding hydrogens is 346 g/mol. The first kappa shape index (κ1) is 18.2. The molecule has 0 fully saturated rings. The van der Waals surface area contributed by atoms with Crippen LogP contribution >= 0.6 is 0 Å². The number of anilines is 1. The number of benzene rings is 2. The molecule has 7 heteroatoms. The first-order valence-corrected chi connectivity index (χ1v) is 8.31. The Hall–Kier alpha value is -3.61. The van der Waals surface area contributed by atoms with Gasteiger partial charge in [0, 0.05) is 23.9 Å². The number of aromatic nitrogens is 1. The van der Waals surface area contributed by atoms with Gasteiger partial charge < -0.3 is 14.6 Å². The highest BCUT2D eigenvalue weighted by Gasteiger charge is 2.13. The topological polar surface area (TPSA) is 93.5 Å². The molecule has 2 amide bonds. The fraction of sp³-hybridized carbons (Fsp3) is 0.150. The van der Waals surface area contributed by atoms with Gasteiger partial charge in [0.25, 0.3) is 5.91 Å². The van der Waals surface area contributed by atoms with Gasteiger partial charge in [-0.25, -0.2) is 4.79 Å². The fourth-order valence-electron chi connectivity index (χ4n) is 2.39. The van der Waals surface area contributed by atoms with E-state index in [1.165, 1.54) is 7.11 Å². The summed E-state index contributed by atoms with van der Waals surface area (Å²) in [6.07, 6.45) is -0.536. The largest absolute Gasteiger partial charge is 0.453 e. The van der Waals surface area contributed by atoms with Gasteiger partial charge in [-0.15, -0.1) is 0 Å². The molecule has 2 aromatic carbocycles. The number of aryl methyl sites for hydroxylation is 1. The molecule has 0 aliphatic carbocycles. The maximum Gasteiger partial charge on any atom is 0.411 e. The van der Waals surface area contributed by atoms with E-state index in [0.717, 1.165) is 16.7 Å². The van der Waals surface area contributed by atoms with E-state index >= 15 is 0 Å². The van der Waals surface area contributed by atoms with Crippen LogP contribution in [0.15, 0.2) is 59.1 Å². The molecule has 138 valence electrons. The molecule has 1 heterocycles. The third-order valence-electron chi connectivity index (χ3n) is 3.92. The van der Waals surface area contributed by atoms with Crippen LogP contribution in [0.3, 0.4) is 0 Å². The van der Waals surface area contributed by atoms with Crippen molar-refractivity contribution in [3.05, 3.63) is 71.5 Å². The lowest BCUT2D eigenvalue weighted by atomic mass is 10.1. The summed E-state index contributed by atoms with van der Waals surface area (Å²) in [5.74, 6) is -0.202. The predicted octanol–water partition coefficient (Wildman–Crippen LogP) is 3.76. The van der Waals surface area contributed by atoms with Gasteiger partial charge in [0.05, 0.1) is 7.11 Å². The molecule has 0 saturated carbocycles. The summed E-state index contributed by atoms with van der Waals surface area (Å²) < 4.78 is 9.68. The number of hydrogen-bond donors (Lipinski definition) is 2. The first-order chi connectivity index (χ1) is 13.0. The van der Waals surface area contributed by atoms with Crippen LogP contribution in [0.4, 0.5) is 10.5 Å². The van der Waals surface area contributed by atoms with Crippen molar-refractivity contribution in [1.29, 1.82) is 0 Å². The molecule has 0 aliphatic rings. The highest BCUT2D eigenvalue weighted by Crippen LogP contribution is 2.19. The van der Waals surface area contributed by atoms with Gasteiger partial charge in [-0.1, -0.05) is 47.1 Å². The lowest BCUT2D eigenvalue weighted by Gasteiger charge is -2.06. The molecule has 0 bridgehead atoms. The number of rotatable bonds is 5. The highest BCUT2D eigenvalue weighted by molar-refractivity contribution is 5.92. The molecule has 7 nitrogen and oxygen atoms in total. The summed E-state index contributed by atoms with van der Waals surface area (Å²) >= 11 is 0. The van der Waals surface area contributed by atoms with E-state index in [1.54, 1.807) is 30.3 Å². The monoisotopic (exact) mass is 365 g/mol. The van der Waals surface area contributed by atoms with Crippen molar-refractivity contribution in [2.75, 3.05) is 12.4 Å². The van der Waals surface area contributed by atoms with E-state index in [9.17, 15) is 9.59 Å². The molecule has 3 aromatic rings. The quantitative estimate of drug-likeness (QED) is 0.718. The third-order valence-corrected chi connectivity index (χ3v) is 3.92. The van der Waals surface area contributed by atoms with Crippen molar-refractivity contribution in [3.8, 4) is 11.3 Å². The number of carbonyl (C=O) groups excluding carboxylic acids is 2. The van der Waals surface area contributed by atoms with Crippen LogP contribution in [-0.2, 0) is 11.3 Å². The average Bonchev–Trinajstić information content (AvgIpc) is 3.18. The van der Waals surface area contributed by atoms with Gasteiger partial charge in [-0.3, -0.25) is 10.1 Å². The molecule has 0 unspecified atom stereocenters. The molecule has 2 N–H and O–H groups in total. The fourth-order valence-corrected chi connectivity index (χ4v) is 2.39. The lowest BCUT2D eigenvalue weighted by Crippen LogP contribution is -2.22. The molecule has 0 aliphatic heterocycles. The van der Waals surface area contributed by atoms with Crippen LogP contribution in [0.5, 0.6) is 0 Å². The summed E-state index contributed by atoms with van der Waals surface area (Å²) in [7, 11) is 1.30.